The van der Waals surface area contributed by atoms with E-state index < -0.39 is 47.9 Å². The molecule has 10 nitrogen and oxygen atoms in total. The first-order chi connectivity index (χ1) is 18.3. The van der Waals surface area contributed by atoms with Gasteiger partial charge in [-0.3, -0.25) is 14.4 Å². The fourth-order valence-corrected chi connectivity index (χ4v) is 4.16. The third-order valence-electron chi connectivity index (χ3n) is 6.32. The van der Waals surface area contributed by atoms with E-state index in [1.54, 1.807) is 52.1 Å². The molecule has 0 spiro atoms. The molecule has 1 saturated carbocycles. The first kappa shape index (κ1) is 29.5. The summed E-state index contributed by atoms with van der Waals surface area (Å²) in [4.78, 5) is 53.8. The van der Waals surface area contributed by atoms with Crippen LogP contribution in [0.2, 0.25) is 0 Å². The highest BCUT2D eigenvalue weighted by atomic mass is 16.6. The fourth-order valence-electron chi connectivity index (χ4n) is 4.16. The number of benzene rings is 2. The van der Waals surface area contributed by atoms with E-state index in [0.717, 1.165) is 11.1 Å². The maximum atomic E-state index is 14.0. The predicted octanol–water partition coefficient (Wildman–Crippen LogP) is 3.75. The van der Waals surface area contributed by atoms with Crippen LogP contribution in [0.3, 0.4) is 0 Å². The Morgan fingerprint density at radius 3 is 2.18 bits per heavy atom. The summed E-state index contributed by atoms with van der Waals surface area (Å²) in [5.74, 6) is -1.16. The van der Waals surface area contributed by atoms with Gasteiger partial charge < -0.3 is 30.7 Å². The van der Waals surface area contributed by atoms with Crippen molar-refractivity contribution in [3.8, 4) is 5.75 Å². The number of aryl methyl sites for hydroxylation is 2. The van der Waals surface area contributed by atoms with Crippen LogP contribution >= 0.6 is 0 Å². The molecule has 0 radical (unpaired) electrons. The van der Waals surface area contributed by atoms with Crippen LogP contribution in [0.4, 0.5) is 10.5 Å². The summed E-state index contributed by atoms with van der Waals surface area (Å²) >= 11 is 0. The minimum atomic E-state index is -1.30. The highest BCUT2D eigenvalue weighted by Crippen LogP contribution is 2.37. The van der Waals surface area contributed by atoms with Gasteiger partial charge in [0.15, 0.2) is 0 Å². The molecule has 1 fully saturated rings. The van der Waals surface area contributed by atoms with Gasteiger partial charge in [-0.25, -0.2) is 4.79 Å². The van der Waals surface area contributed by atoms with Crippen molar-refractivity contribution in [2.75, 3.05) is 12.4 Å². The molecule has 1 aliphatic rings. The molecule has 39 heavy (non-hydrogen) atoms. The number of methoxy groups -OCH3 is 1. The number of carbonyl (C=O) groups excluding carboxylic acids is 4. The maximum Gasteiger partial charge on any atom is 0.408 e. The van der Waals surface area contributed by atoms with Crippen molar-refractivity contribution in [2.24, 2.45) is 5.73 Å². The molecule has 0 aromatic heterocycles. The van der Waals surface area contributed by atoms with Gasteiger partial charge in [0.25, 0.3) is 5.91 Å². The SMILES string of the molecule is COc1ccc(NC(=O)C(c2ccc(C)c(C)c2)N(C(=O)C(CC(N)=O)NC(=O)OC(C)(C)C)C2CC2)cc1. The number of nitrogens with two attached hydrogens (primary N) is 1. The van der Waals surface area contributed by atoms with Gasteiger partial charge in [-0.15, -0.1) is 0 Å². The van der Waals surface area contributed by atoms with Crippen LogP contribution < -0.4 is 21.1 Å². The number of amides is 4. The molecule has 2 atom stereocenters. The first-order valence-corrected chi connectivity index (χ1v) is 12.9. The van der Waals surface area contributed by atoms with Crippen LogP contribution in [0.1, 0.15) is 62.8 Å². The van der Waals surface area contributed by atoms with Crippen LogP contribution in [0.25, 0.3) is 0 Å². The van der Waals surface area contributed by atoms with Gasteiger partial charge in [0, 0.05) is 11.7 Å². The molecule has 210 valence electrons. The number of rotatable bonds is 10. The normalized spacial score (nSPS) is 14.5. The van der Waals surface area contributed by atoms with Crippen molar-refractivity contribution in [2.45, 2.75) is 77.6 Å². The van der Waals surface area contributed by atoms with Crippen molar-refractivity contribution < 1.29 is 28.7 Å². The molecule has 0 heterocycles. The summed E-state index contributed by atoms with van der Waals surface area (Å²) in [6.07, 6.45) is 0.0569. The van der Waals surface area contributed by atoms with Crippen LogP contribution in [0, 0.1) is 13.8 Å². The predicted molar refractivity (Wildman–Crippen MR) is 147 cm³/mol. The molecular weight excluding hydrogens is 500 g/mol. The van der Waals surface area contributed by atoms with E-state index in [4.69, 9.17) is 15.2 Å². The van der Waals surface area contributed by atoms with Crippen molar-refractivity contribution >= 4 is 29.5 Å². The van der Waals surface area contributed by atoms with E-state index in [9.17, 15) is 19.2 Å². The van der Waals surface area contributed by atoms with Gasteiger partial charge in [0.05, 0.1) is 13.5 Å². The molecule has 3 rings (SSSR count). The van der Waals surface area contributed by atoms with Crippen LogP contribution in [0.5, 0.6) is 5.75 Å². The zero-order valence-electron chi connectivity index (χ0n) is 23.4. The molecule has 4 N–H and O–H groups in total. The number of nitrogens with zero attached hydrogens (tertiary/aromatic N) is 1. The van der Waals surface area contributed by atoms with E-state index in [-0.39, 0.29) is 6.04 Å². The molecule has 10 heteroatoms. The topological polar surface area (TPSA) is 140 Å². The largest absolute Gasteiger partial charge is 0.497 e. The highest BCUT2D eigenvalue weighted by Gasteiger charge is 2.44. The van der Waals surface area contributed by atoms with Crippen molar-refractivity contribution in [3.63, 3.8) is 0 Å². The summed E-state index contributed by atoms with van der Waals surface area (Å²) < 4.78 is 10.5. The summed E-state index contributed by atoms with van der Waals surface area (Å²) in [6.45, 7) is 8.96. The van der Waals surface area contributed by atoms with E-state index >= 15 is 0 Å². The lowest BCUT2D eigenvalue weighted by atomic mass is 9.97. The Morgan fingerprint density at radius 2 is 1.67 bits per heavy atom. The number of anilines is 1. The van der Waals surface area contributed by atoms with Gasteiger partial charge in [-0.05, 0) is 88.4 Å². The summed E-state index contributed by atoms with van der Waals surface area (Å²) in [6, 6.07) is 9.86. The average molecular weight is 539 g/mol. The van der Waals surface area contributed by atoms with Crippen molar-refractivity contribution in [1.82, 2.24) is 10.2 Å². The second kappa shape index (κ2) is 12.2. The van der Waals surface area contributed by atoms with E-state index in [2.05, 4.69) is 10.6 Å². The number of hydrogen-bond donors (Lipinski definition) is 3. The van der Waals surface area contributed by atoms with E-state index in [1.165, 1.54) is 4.90 Å². The summed E-state index contributed by atoms with van der Waals surface area (Å²) in [7, 11) is 1.55. The highest BCUT2D eigenvalue weighted by molar-refractivity contribution is 6.00. The molecule has 4 amide bonds. The number of ether oxygens (including phenoxy) is 2. The Balaban J connectivity index is 2.00. The lowest BCUT2D eigenvalue weighted by Crippen LogP contribution is -2.54. The second-order valence-corrected chi connectivity index (χ2v) is 10.8. The Morgan fingerprint density at radius 1 is 1.03 bits per heavy atom. The van der Waals surface area contributed by atoms with Crippen LogP contribution in [-0.4, -0.2) is 53.5 Å². The molecule has 2 unspecified atom stereocenters. The number of primary amides is 1. The first-order valence-electron chi connectivity index (χ1n) is 12.9. The summed E-state index contributed by atoms with van der Waals surface area (Å²) in [5.41, 5.74) is 7.76. The second-order valence-electron chi connectivity index (χ2n) is 10.8. The lowest BCUT2D eigenvalue weighted by Gasteiger charge is -2.34. The summed E-state index contributed by atoms with van der Waals surface area (Å²) in [5, 5.41) is 5.40. The monoisotopic (exact) mass is 538 g/mol. The maximum absolute atomic E-state index is 14.0. The minimum Gasteiger partial charge on any atom is -0.497 e. The Hall–Kier alpha value is -4.08. The number of alkyl carbamates (subject to hydrolysis) is 1. The average Bonchev–Trinajstić information content (AvgIpc) is 3.67. The lowest BCUT2D eigenvalue weighted by molar-refractivity contribution is -0.142. The van der Waals surface area contributed by atoms with Gasteiger partial charge in [-0.1, -0.05) is 18.2 Å². The Kier molecular flexibility index (Phi) is 9.21. The van der Waals surface area contributed by atoms with Gasteiger partial charge >= 0.3 is 6.09 Å². The van der Waals surface area contributed by atoms with Crippen molar-refractivity contribution in [3.05, 3.63) is 59.2 Å². The van der Waals surface area contributed by atoms with Gasteiger partial charge in [0.2, 0.25) is 11.8 Å². The van der Waals surface area contributed by atoms with Crippen LogP contribution in [0.15, 0.2) is 42.5 Å². The zero-order chi connectivity index (χ0) is 28.9. The molecular formula is C29H38N4O6. The third-order valence-corrected chi connectivity index (χ3v) is 6.32. The Bertz CT molecular complexity index is 1220. The fraction of sp³-hybridized carbons (Fsp3) is 0.448. The number of hydrogen-bond acceptors (Lipinski definition) is 6. The Labute approximate surface area is 229 Å². The van der Waals surface area contributed by atoms with E-state index in [0.29, 0.717) is 29.8 Å². The quantitative estimate of drug-likeness (QED) is 0.421. The third kappa shape index (κ3) is 8.20. The molecule has 1 aliphatic carbocycles. The zero-order valence-corrected chi connectivity index (χ0v) is 23.4. The smallest absolute Gasteiger partial charge is 0.408 e. The van der Waals surface area contributed by atoms with Crippen LogP contribution in [-0.2, 0) is 19.1 Å². The molecule has 0 bridgehead atoms. The van der Waals surface area contributed by atoms with Gasteiger partial charge in [-0.2, -0.15) is 0 Å². The number of carbonyl (C=O) groups is 4. The molecule has 0 saturated heterocycles. The van der Waals surface area contributed by atoms with E-state index in [1.807, 2.05) is 32.0 Å². The minimum absolute atomic E-state index is 0.249. The molecule has 2 aromatic carbocycles. The number of nitrogens with one attached hydrogen (secondary N) is 2. The molecule has 0 aliphatic heterocycles. The van der Waals surface area contributed by atoms with Crippen molar-refractivity contribution in [1.29, 1.82) is 0 Å². The van der Waals surface area contributed by atoms with Gasteiger partial charge in [0.1, 0.15) is 23.4 Å². The standard InChI is InChI=1S/C29H38N4O6/c1-17-7-8-19(15-18(17)2)25(26(35)31-20-9-13-22(38-6)14-10-20)33(21-11-12-21)27(36)23(16-24(30)34)32-28(37)39-29(3,4)5/h7-10,13-15,21,23,25H,11-12,16H2,1-6H3,(H2,30,34)(H,31,35)(H,32,37). The molecule has 2 aromatic rings.